The van der Waals surface area contributed by atoms with E-state index in [-0.39, 0.29) is 210 Å². The molecule has 0 saturated heterocycles. The third kappa shape index (κ3) is 32.2. The molecule has 0 aliphatic heterocycles. The fourth-order valence-corrected chi connectivity index (χ4v) is 4.36. The molecule has 13 heteroatoms. The number of rotatable bonds is 9. The molecule has 0 rings (SSSR count). The Kier molecular flexibility index (Phi) is 110. The summed E-state index contributed by atoms with van der Waals surface area (Å²) in [6.45, 7) is 7.87. The summed E-state index contributed by atoms with van der Waals surface area (Å²) in [7, 11) is -2.37. The predicted octanol–water partition coefficient (Wildman–Crippen LogP) is 2.33. The standard InChI is InChI=1S/C9H22O3SSi.8Zr/c1-4-10-14(11-5-2,12-6-3)9-7-8-13;;;;;;;;/h13H,4-9H2,1-3H3;;;;;;;;. The van der Waals surface area contributed by atoms with E-state index in [4.69, 9.17) is 13.3 Å². The molecule has 0 amide bonds. The molecule has 0 unspecified atom stereocenters. The van der Waals surface area contributed by atoms with Gasteiger partial charge in [0.25, 0.3) is 0 Å². The molecular weight excluding hydrogens is 946 g/mol. The van der Waals surface area contributed by atoms with E-state index < -0.39 is 8.80 Å². The van der Waals surface area contributed by atoms with Crippen LogP contribution >= 0.6 is 12.6 Å². The van der Waals surface area contributed by atoms with E-state index in [2.05, 4.69) is 12.6 Å². The Balaban J connectivity index is -0.0000000302. The van der Waals surface area contributed by atoms with Gasteiger partial charge in [-0.15, -0.1) is 0 Å². The van der Waals surface area contributed by atoms with Crippen LogP contribution in [-0.2, 0) is 223 Å². The van der Waals surface area contributed by atoms with Gasteiger partial charge < -0.3 is 13.3 Å². The van der Waals surface area contributed by atoms with Crippen molar-refractivity contribution in [3.05, 3.63) is 0 Å². The van der Waals surface area contributed by atoms with Gasteiger partial charge in [-0.3, -0.25) is 0 Å². The largest absolute Gasteiger partial charge is 0.500 e. The first-order chi connectivity index (χ1) is 6.74. The molecule has 0 atom stereocenters. The summed E-state index contributed by atoms with van der Waals surface area (Å²) in [4.78, 5) is 0. The Hall–Kier alpha value is 7.51. The zero-order valence-corrected chi connectivity index (χ0v) is 35.0. The molecular formula is C9H22O3SSiZr8. The minimum atomic E-state index is -2.37. The zero-order valence-electron chi connectivity index (χ0n) is 13.4. The Morgan fingerprint density at radius 3 is 1.09 bits per heavy atom. The molecule has 22 heavy (non-hydrogen) atoms. The van der Waals surface area contributed by atoms with Crippen molar-refractivity contribution < 1.29 is 223 Å². The quantitative estimate of drug-likeness (QED) is 0.285. The van der Waals surface area contributed by atoms with E-state index in [9.17, 15) is 0 Å². The van der Waals surface area contributed by atoms with Gasteiger partial charge in [0.2, 0.25) is 0 Å². The first kappa shape index (κ1) is 57.0. The monoisotopic (exact) mass is 957 g/mol. The molecule has 0 aliphatic rings. The SMILES string of the molecule is CCO[Si](CCCS)(OCC)OCC.[Zr].[Zr].[Zr].[Zr].[Zr].[Zr].[Zr].[Zr]. The summed E-state index contributed by atoms with van der Waals surface area (Å²) in [6.07, 6.45) is 0.981. The maximum atomic E-state index is 5.67. The number of hydrogen-bond acceptors (Lipinski definition) is 4. The molecule has 0 fully saturated rings. The Morgan fingerprint density at radius 1 is 0.636 bits per heavy atom. The van der Waals surface area contributed by atoms with Crippen molar-refractivity contribution in [3.8, 4) is 0 Å². The molecule has 0 N–H and O–H groups in total. The van der Waals surface area contributed by atoms with Gasteiger partial charge in [0, 0.05) is 235 Å². The van der Waals surface area contributed by atoms with Crippen LogP contribution in [0.15, 0.2) is 0 Å². The van der Waals surface area contributed by atoms with E-state index in [0.717, 1.165) is 18.2 Å². The number of thiol groups is 1. The second-order valence-corrected chi connectivity index (χ2v) is 5.99. The smallest absolute Gasteiger partial charge is 0.374 e. The van der Waals surface area contributed by atoms with Crippen molar-refractivity contribution in [1.29, 1.82) is 0 Å². The fraction of sp³-hybridized carbons (Fsp3) is 1.00. The van der Waals surface area contributed by atoms with Gasteiger partial charge >= 0.3 is 8.80 Å². The first-order valence-corrected chi connectivity index (χ1v) is 7.83. The molecule has 0 aromatic heterocycles. The van der Waals surface area contributed by atoms with Crippen molar-refractivity contribution in [3.63, 3.8) is 0 Å². The second-order valence-electron chi connectivity index (χ2n) is 2.81. The van der Waals surface area contributed by atoms with Gasteiger partial charge in [-0.05, 0) is 32.9 Å². The van der Waals surface area contributed by atoms with Crippen molar-refractivity contribution in [2.24, 2.45) is 0 Å². The predicted molar refractivity (Wildman–Crippen MR) is 63.9 cm³/mol. The minimum absolute atomic E-state index is 0. The molecule has 0 aliphatic carbocycles. The summed E-state index contributed by atoms with van der Waals surface area (Å²) < 4.78 is 17.0. The normalized spacial score (nSPS) is 7.64. The van der Waals surface area contributed by atoms with Gasteiger partial charge in [-0.1, -0.05) is 0 Å². The number of hydrogen-bond donors (Lipinski definition) is 1. The Bertz CT molecular complexity index is 139. The van der Waals surface area contributed by atoms with Crippen LogP contribution in [0.4, 0.5) is 0 Å². The fourth-order valence-electron chi connectivity index (χ4n) is 1.30. The molecule has 0 aromatic carbocycles. The third-order valence-corrected chi connectivity index (χ3v) is 5.20. The average molecular weight is 968 g/mol. The molecule has 0 saturated carbocycles. The van der Waals surface area contributed by atoms with Gasteiger partial charge in [0.1, 0.15) is 0 Å². The van der Waals surface area contributed by atoms with E-state index in [0.29, 0.717) is 19.8 Å². The van der Waals surface area contributed by atoms with Crippen LogP contribution in [-0.4, -0.2) is 34.4 Å². The van der Waals surface area contributed by atoms with Crippen LogP contribution in [0, 0.1) is 0 Å². The molecule has 0 heterocycles. The summed E-state index contributed by atoms with van der Waals surface area (Å²) in [5, 5.41) is 0. The average Bonchev–Trinajstić information content (AvgIpc) is 2.16. The van der Waals surface area contributed by atoms with Gasteiger partial charge in [0.15, 0.2) is 0 Å². The van der Waals surface area contributed by atoms with Gasteiger partial charge in [0.05, 0.1) is 0 Å². The summed E-state index contributed by atoms with van der Waals surface area (Å²) in [6, 6.07) is 0.867. The minimum Gasteiger partial charge on any atom is -0.374 e. The van der Waals surface area contributed by atoms with E-state index in [1.165, 1.54) is 0 Å². The van der Waals surface area contributed by atoms with Gasteiger partial charge in [-0.2, -0.15) is 12.6 Å². The Morgan fingerprint density at radius 2 is 0.909 bits per heavy atom. The van der Waals surface area contributed by atoms with Crippen LogP contribution in [0.2, 0.25) is 6.04 Å². The van der Waals surface area contributed by atoms with Crippen LogP contribution in [0.5, 0.6) is 0 Å². The van der Waals surface area contributed by atoms with E-state index in [1.807, 2.05) is 20.8 Å². The van der Waals surface area contributed by atoms with Crippen molar-refractivity contribution in [1.82, 2.24) is 0 Å². The van der Waals surface area contributed by atoms with Gasteiger partial charge in [-0.25, -0.2) is 0 Å². The van der Waals surface area contributed by atoms with E-state index in [1.54, 1.807) is 0 Å². The first-order valence-electron chi connectivity index (χ1n) is 5.27. The molecule has 3 nitrogen and oxygen atoms in total. The van der Waals surface area contributed by atoms with Crippen LogP contribution in [0.1, 0.15) is 27.2 Å². The van der Waals surface area contributed by atoms with Crippen LogP contribution in [0.3, 0.4) is 0 Å². The maximum absolute atomic E-state index is 5.67. The summed E-state index contributed by atoms with van der Waals surface area (Å²) >= 11 is 4.19. The molecule has 0 spiro atoms. The van der Waals surface area contributed by atoms with Crippen molar-refractivity contribution in [2.45, 2.75) is 33.2 Å². The second kappa shape index (κ2) is 42.6. The Labute approximate surface area is 296 Å². The molecule has 118 valence electrons. The van der Waals surface area contributed by atoms with Crippen LogP contribution in [0.25, 0.3) is 0 Å². The zero-order chi connectivity index (χ0) is 10.9. The van der Waals surface area contributed by atoms with Crippen molar-refractivity contribution in [2.75, 3.05) is 25.6 Å². The summed E-state index contributed by atoms with van der Waals surface area (Å²) in [5.74, 6) is 0.849. The maximum Gasteiger partial charge on any atom is 0.500 e. The topological polar surface area (TPSA) is 27.7 Å². The van der Waals surface area contributed by atoms with E-state index >= 15 is 0 Å². The molecule has 0 bridgehead atoms. The summed E-state index contributed by atoms with van der Waals surface area (Å²) in [5.41, 5.74) is 0. The third-order valence-electron chi connectivity index (χ3n) is 1.73. The van der Waals surface area contributed by atoms with Crippen LogP contribution < -0.4 is 0 Å². The molecule has 0 radical (unpaired) electrons. The molecule has 0 aromatic rings. The van der Waals surface area contributed by atoms with Crippen molar-refractivity contribution >= 4 is 21.4 Å².